The van der Waals surface area contributed by atoms with E-state index in [0.717, 1.165) is 4.90 Å². The molecule has 148 valence electrons. The van der Waals surface area contributed by atoms with Gasteiger partial charge in [0.1, 0.15) is 6.54 Å². The van der Waals surface area contributed by atoms with Crippen molar-refractivity contribution in [3.63, 3.8) is 0 Å². The maximum absolute atomic E-state index is 12.1. The van der Waals surface area contributed by atoms with Crippen LogP contribution in [0.3, 0.4) is 0 Å². The predicted molar refractivity (Wildman–Crippen MR) is 101 cm³/mol. The van der Waals surface area contributed by atoms with Gasteiger partial charge in [-0.2, -0.15) is 0 Å². The van der Waals surface area contributed by atoms with E-state index in [1.807, 2.05) is 0 Å². The molecule has 3 rings (SSSR count). The van der Waals surface area contributed by atoms with Crippen LogP contribution in [0.5, 0.6) is 0 Å². The van der Waals surface area contributed by atoms with Gasteiger partial charge in [-0.3, -0.25) is 39.7 Å². The number of hydrogen-bond donors (Lipinski definition) is 2. The Labute approximate surface area is 165 Å². The van der Waals surface area contributed by atoms with Crippen molar-refractivity contribution in [3.8, 4) is 0 Å². The minimum atomic E-state index is -1.23. The van der Waals surface area contributed by atoms with Crippen LogP contribution in [-0.4, -0.2) is 42.1 Å². The third kappa shape index (κ3) is 4.29. The third-order valence-corrected chi connectivity index (χ3v) is 4.18. The second-order valence-corrected chi connectivity index (χ2v) is 6.18. The molecule has 1 aliphatic heterocycles. The molecular weight excluding hydrogens is 378 g/mol. The van der Waals surface area contributed by atoms with Gasteiger partial charge in [0.2, 0.25) is 0 Å². The Morgan fingerprint density at radius 3 is 2.34 bits per heavy atom. The lowest BCUT2D eigenvalue weighted by molar-refractivity contribution is -0.154. The van der Waals surface area contributed by atoms with E-state index in [1.54, 1.807) is 48.5 Å². The van der Waals surface area contributed by atoms with Crippen LogP contribution in [0.2, 0.25) is 0 Å². The number of hydrazine groups is 1. The van der Waals surface area contributed by atoms with Crippen LogP contribution in [0.15, 0.2) is 54.6 Å². The van der Waals surface area contributed by atoms with Crippen LogP contribution in [-0.2, 0) is 19.1 Å². The number of Topliss-reactive ketones (excluding diaryl/α,β-unsaturated/α-hetero) is 1. The smallest absolute Gasteiger partial charge is 0.326 e. The van der Waals surface area contributed by atoms with E-state index in [-0.39, 0.29) is 5.56 Å². The maximum atomic E-state index is 12.1. The van der Waals surface area contributed by atoms with Crippen LogP contribution in [0.1, 0.15) is 27.6 Å². The lowest BCUT2D eigenvalue weighted by Gasteiger charge is -2.18. The van der Waals surface area contributed by atoms with Gasteiger partial charge in [0.05, 0.1) is 11.3 Å². The molecule has 0 spiro atoms. The fourth-order valence-electron chi connectivity index (χ4n) is 2.70. The van der Waals surface area contributed by atoms with E-state index >= 15 is 0 Å². The Morgan fingerprint density at radius 2 is 1.62 bits per heavy atom. The van der Waals surface area contributed by atoms with Crippen molar-refractivity contribution in [3.05, 3.63) is 65.7 Å². The standard InChI is InChI=1S/C20H17N3O6/c1-12(18(26)21-22-19(27)13-7-3-2-4-8-13)29-16(24)11-23-15-10-6-5-9-14(15)17(25)20(23)28/h2-10,12H,11H2,1H3,(H,21,26)(H,22,27)/t12-/m1/s1. The van der Waals surface area contributed by atoms with Crippen molar-refractivity contribution < 1.29 is 28.7 Å². The number of nitrogens with zero attached hydrogens (tertiary/aromatic N) is 1. The molecule has 2 aromatic rings. The number of carbonyl (C=O) groups is 5. The van der Waals surface area contributed by atoms with Crippen molar-refractivity contribution in [2.24, 2.45) is 0 Å². The normalized spacial score (nSPS) is 13.5. The summed E-state index contributed by atoms with van der Waals surface area (Å²) in [4.78, 5) is 61.1. The first-order valence-electron chi connectivity index (χ1n) is 8.68. The number of ether oxygens (including phenoxy) is 1. The lowest BCUT2D eigenvalue weighted by atomic mass is 10.1. The van der Waals surface area contributed by atoms with E-state index in [4.69, 9.17) is 4.74 Å². The molecule has 1 atom stereocenters. The number of fused-ring (bicyclic) bond motifs is 1. The van der Waals surface area contributed by atoms with Gasteiger partial charge in [0.15, 0.2) is 6.10 Å². The number of hydrogen-bond acceptors (Lipinski definition) is 6. The molecule has 29 heavy (non-hydrogen) atoms. The second-order valence-electron chi connectivity index (χ2n) is 6.18. The fourth-order valence-corrected chi connectivity index (χ4v) is 2.70. The number of anilines is 1. The Bertz CT molecular complexity index is 989. The molecule has 0 bridgehead atoms. The maximum Gasteiger partial charge on any atom is 0.326 e. The molecule has 0 aromatic heterocycles. The quantitative estimate of drug-likeness (QED) is 0.435. The van der Waals surface area contributed by atoms with Crippen LogP contribution in [0.25, 0.3) is 0 Å². The summed E-state index contributed by atoms with van der Waals surface area (Å²) in [5, 5.41) is 0. The van der Waals surface area contributed by atoms with E-state index in [9.17, 15) is 24.0 Å². The zero-order chi connectivity index (χ0) is 21.0. The summed E-state index contributed by atoms with van der Waals surface area (Å²) in [7, 11) is 0. The molecule has 1 aliphatic rings. The van der Waals surface area contributed by atoms with Crippen molar-refractivity contribution in [2.45, 2.75) is 13.0 Å². The van der Waals surface area contributed by atoms with Gasteiger partial charge in [-0.15, -0.1) is 0 Å². The Hall–Kier alpha value is -4.01. The molecular formula is C20H17N3O6. The molecule has 1 heterocycles. The molecule has 3 amide bonds. The molecule has 0 radical (unpaired) electrons. The number of ketones is 1. The van der Waals surface area contributed by atoms with Crippen LogP contribution in [0, 0.1) is 0 Å². The summed E-state index contributed by atoms with van der Waals surface area (Å²) in [6.45, 7) is 0.794. The molecule has 0 saturated heterocycles. The number of amides is 3. The van der Waals surface area contributed by atoms with Crippen LogP contribution < -0.4 is 15.8 Å². The average Bonchev–Trinajstić information content (AvgIpc) is 2.97. The Morgan fingerprint density at radius 1 is 0.966 bits per heavy atom. The summed E-state index contributed by atoms with van der Waals surface area (Å²) < 4.78 is 5.00. The van der Waals surface area contributed by atoms with Crippen molar-refractivity contribution in [1.29, 1.82) is 0 Å². The van der Waals surface area contributed by atoms with Gasteiger partial charge >= 0.3 is 5.97 Å². The highest BCUT2D eigenvalue weighted by Gasteiger charge is 2.37. The van der Waals surface area contributed by atoms with E-state index in [1.165, 1.54) is 13.0 Å². The van der Waals surface area contributed by atoms with Gasteiger partial charge < -0.3 is 4.74 Å². The van der Waals surface area contributed by atoms with E-state index < -0.39 is 42.1 Å². The molecule has 0 aliphatic carbocycles. The van der Waals surface area contributed by atoms with Gasteiger partial charge in [-0.1, -0.05) is 30.3 Å². The van der Waals surface area contributed by atoms with Crippen LogP contribution >= 0.6 is 0 Å². The number of carbonyl (C=O) groups excluding carboxylic acids is 5. The highest BCUT2D eigenvalue weighted by atomic mass is 16.5. The summed E-state index contributed by atoms with van der Waals surface area (Å²) in [5.74, 6) is -3.71. The summed E-state index contributed by atoms with van der Waals surface area (Å²) in [5.41, 5.74) is 5.23. The monoisotopic (exact) mass is 395 g/mol. The first-order valence-corrected chi connectivity index (χ1v) is 8.68. The lowest BCUT2D eigenvalue weighted by Crippen LogP contribution is -2.47. The van der Waals surface area contributed by atoms with Gasteiger partial charge in [0, 0.05) is 5.56 Å². The topological polar surface area (TPSA) is 122 Å². The fraction of sp³-hybridized carbons (Fsp3) is 0.150. The van der Waals surface area contributed by atoms with E-state index in [0.29, 0.717) is 11.3 Å². The minimum absolute atomic E-state index is 0.208. The van der Waals surface area contributed by atoms with Gasteiger partial charge in [-0.05, 0) is 31.2 Å². The summed E-state index contributed by atoms with van der Waals surface area (Å²) >= 11 is 0. The molecule has 9 nitrogen and oxygen atoms in total. The van der Waals surface area contributed by atoms with E-state index in [2.05, 4.69) is 10.9 Å². The Kier molecular flexibility index (Phi) is 5.68. The minimum Gasteiger partial charge on any atom is -0.451 e. The molecule has 0 saturated carbocycles. The highest BCUT2D eigenvalue weighted by molar-refractivity contribution is 6.52. The molecule has 2 aromatic carbocycles. The molecule has 0 unspecified atom stereocenters. The van der Waals surface area contributed by atoms with Gasteiger partial charge in [-0.25, -0.2) is 0 Å². The largest absolute Gasteiger partial charge is 0.451 e. The number of benzene rings is 2. The highest BCUT2D eigenvalue weighted by Crippen LogP contribution is 2.28. The van der Waals surface area contributed by atoms with Crippen molar-refractivity contribution >= 4 is 35.2 Å². The molecule has 0 fully saturated rings. The first kappa shape index (κ1) is 19.7. The zero-order valence-corrected chi connectivity index (χ0v) is 15.4. The zero-order valence-electron chi connectivity index (χ0n) is 15.4. The number of rotatable bonds is 5. The molecule has 9 heteroatoms. The Balaban J connectivity index is 1.53. The van der Waals surface area contributed by atoms with Crippen molar-refractivity contribution in [1.82, 2.24) is 10.9 Å². The second kappa shape index (κ2) is 8.34. The number of nitrogens with one attached hydrogen (secondary N) is 2. The number of esters is 1. The summed E-state index contributed by atoms with van der Waals surface area (Å²) in [6.07, 6.45) is -1.23. The van der Waals surface area contributed by atoms with Crippen LogP contribution in [0.4, 0.5) is 5.69 Å². The first-order chi connectivity index (χ1) is 13.9. The summed E-state index contributed by atoms with van der Waals surface area (Å²) in [6, 6.07) is 14.5. The number of para-hydroxylation sites is 1. The van der Waals surface area contributed by atoms with Gasteiger partial charge in [0.25, 0.3) is 23.5 Å². The SMILES string of the molecule is C[C@@H](OC(=O)CN1C(=O)C(=O)c2ccccc21)C(=O)NNC(=O)c1ccccc1. The average molecular weight is 395 g/mol. The predicted octanol–water partition coefficient (Wildman–Crippen LogP) is 0.609. The third-order valence-electron chi connectivity index (χ3n) is 4.18. The molecule has 2 N–H and O–H groups in total. The van der Waals surface area contributed by atoms with Crippen molar-refractivity contribution in [2.75, 3.05) is 11.4 Å².